The first kappa shape index (κ1) is 50.6. The third-order valence-corrected chi connectivity index (χ3v) is 11.2. The summed E-state index contributed by atoms with van der Waals surface area (Å²) in [5.74, 6) is -5.93. The number of benzene rings is 4. The Morgan fingerprint density at radius 3 is 1.29 bits per heavy atom. The minimum atomic E-state index is -5.14. The normalized spacial score (nSPS) is 14.5. The number of carbonyl (C=O) groups excluding carboxylic acids is 5. The average molecular weight is 929 g/mol. The van der Waals surface area contributed by atoms with Crippen LogP contribution in [0.2, 0.25) is 0 Å². The number of hydrogen-bond donors (Lipinski definition) is 2. The summed E-state index contributed by atoms with van der Waals surface area (Å²) in [6.45, 7) is 9.37. The Hall–Kier alpha value is -6.38. The minimum absolute atomic E-state index is 0.0377. The Kier molecular flexibility index (Phi) is 17.8. The Balaban J connectivity index is 0.000000251. The zero-order valence-corrected chi connectivity index (χ0v) is 36.4. The third-order valence-electron chi connectivity index (χ3n) is 11.2. The van der Waals surface area contributed by atoms with E-state index in [9.17, 15) is 54.7 Å². The van der Waals surface area contributed by atoms with Crippen LogP contribution in [-0.4, -0.2) is 134 Å². The zero-order valence-electron chi connectivity index (χ0n) is 36.4. The van der Waals surface area contributed by atoms with Gasteiger partial charge in [0.05, 0.1) is 26.2 Å². The van der Waals surface area contributed by atoms with E-state index in [0.29, 0.717) is 50.6 Å². The van der Waals surface area contributed by atoms with E-state index >= 15 is 0 Å². The average Bonchev–Trinajstić information content (AvgIpc) is 3.32. The molecular formula is C46H51F7N8O5. The number of alkyl halides is 3. The minimum Gasteiger partial charge on any atom is -0.341 e. The first-order chi connectivity index (χ1) is 31.4. The Labute approximate surface area is 377 Å². The van der Waals surface area contributed by atoms with E-state index < -0.39 is 53.7 Å². The highest BCUT2D eigenvalue weighted by molar-refractivity contribution is 6.00. The number of nitrogens with two attached hydrogens (primary N) is 1. The predicted octanol–water partition coefficient (Wildman–Crippen LogP) is 6.46. The monoisotopic (exact) mass is 928 g/mol. The van der Waals surface area contributed by atoms with E-state index in [4.69, 9.17) is 5.73 Å². The molecule has 4 aromatic carbocycles. The fourth-order valence-corrected chi connectivity index (χ4v) is 7.15. The predicted molar refractivity (Wildman–Crippen MR) is 233 cm³/mol. The van der Waals surface area contributed by atoms with Crippen LogP contribution in [0.1, 0.15) is 45.7 Å². The van der Waals surface area contributed by atoms with Gasteiger partial charge in [-0.25, -0.2) is 27.2 Å². The van der Waals surface area contributed by atoms with E-state index in [1.165, 1.54) is 87.9 Å². The second-order valence-corrected chi connectivity index (χ2v) is 15.4. The van der Waals surface area contributed by atoms with Gasteiger partial charge < -0.3 is 30.7 Å². The largest absolute Gasteiger partial charge is 0.471 e. The van der Waals surface area contributed by atoms with Gasteiger partial charge in [-0.3, -0.25) is 24.2 Å². The molecule has 0 saturated carbocycles. The topological polar surface area (TPSA) is 143 Å². The van der Waals surface area contributed by atoms with Gasteiger partial charge in [-0.15, -0.1) is 0 Å². The molecule has 2 heterocycles. The molecule has 20 heteroatoms. The standard InChI is InChI=1S/C24H25F5N4O3.C22H26F2N4O2/c1-2-31-9-11-32(12-10-31)23(36)33(19-7-5-18(25)6-8-19)15-17-4-3-16(13-20(17)26)21(34)14-30-22(35)24(27,28)29;1-2-26-9-11-27(12-10-26)22(30)28(19-7-5-18(23)6-8-19)15-17-4-3-16(13-20(17)24)21(29)14-25/h3-8,13H,2,9-12,14-15H2,1H3,(H,30,35);3-8,13H,2,9-12,14-15,25H2,1H3. The number of urea groups is 2. The van der Waals surface area contributed by atoms with E-state index in [2.05, 4.69) is 16.7 Å². The lowest BCUT2D eigenvalue weighted by Crippen LogP contribution is -2.52. The SMILES string of the molecule is CCN1CCN(C(=O)N(Cc2ccc(C(=O)CN)cc2F)c2ccc(F)cc2)CC1.CCN1CCN(C(=O)N(Cc2ccc(C(=O)CNC(=O)C(F)(F)F)cc2F)c2ccc(F)cc2)CC1. The molecule has 2 aliphatic heterocycles. The number of anilines is 2. The van der Waals surface area contributed by atoms with Crippen LogP contribution in [0, 0.1) is 23.3 Å². The molecular weight excluding hydrogens is 878 g/mol. The van der Waals surface area contributed by atoms with Crippen molar-refractivity contribution < 1.29 is 54.7 Å². The second-order valence-electron chi connectivity index (χ2n) is 15.4. The lowest BCUT2D eigenvalue weighted by atomic mass is 10.1. The van der Waals surface area contributed by atoms with Crippen LogP contribution in [0.3, 0.4) is 0 Å². The molecule has 0 bridgehead atoms. The third kappa shape index (κ3) is 13.6. The highest BCUT2D eigenvalue weighted by Gasteiger charge is 2.38. The number of nitrogens with zero attached hydrogens (tertiary/aromatic N) is 6. The Bertz CT molecular complexity index is 2320. The van der Waals surface area contributed by atoms with Gasteiger partial charge in [0.2, 0.25) is 0 Å². The van der Waals surface area contributed by atoms with Gasteiger partial charge in [0, 0.05) is 86.0 Å². The molecule has 0 unspecified atom stereocenters. The summed E-state index contributed by atoms with van der Waals surface area (Å²) in [7, 11) is 0. The Morgan fingerprint density at radius 2 is 0.955 bits per heavy atom. The van der Waals surface area contributed by atoms with Crippen molar-refractivity contribution in [3.63, 3.8) is 0 Å². The van der Waals surface area contributed by atoms with Crippen molar-refractivity contribution in [3.8, 4) is 0 Å². The number of Topliss-reactive ketones (excluding diaryl/α,β-unsaturated/α-hetero) is 2. The highest BCUT2D eigenvalue weighted by atomic mass is 19.4. The molecule has 13 nitrogen and oxygen atoms in total. The summed E-state index contributed by atoms with van der Waals surface area (Å²) < 4.78 is 93.4. The van der Waals surface area contributed by atoms with Gasteiger partial charge in [-0.05, 0) is 73.8 Å². The van der Waals surface area contributed by atoms with E-state index in [1.807, 2.05) is 6.92 Å². The van der Waals surface area contributed by atoms with Crippen molar-refractivity contribution in [1.82, 2.24) is 24.9 Å². The van der Waals surface area contributed by atoms with Crippen LogP contribution in [0.25, 0.3) is 0 Å². The van der Waals surface area contributed by atoms with Crippen molar-refractivity contribution in [1.29, 1.82) is 0 Å². The molecule has 0 radical (unpaired) electrons. The molecule has 4 aromatic rings. The van der Waals surface area contributed by atoms with Crippen LogP contribution in [0.15, 0.2) is 84.9 Å². The molecule has 0 aliphatic carbocycles. The van der Waals surface area contributed by atoms with Crippen molar-refractivity contribution in [2.24, 2.45) is 5.73 Å². The lowest BCUT2D eigenvalue weighted by molar-refractivity contribution is -0.173. The van der Waals surface area contributed by atoms with Gasteiger partial charge in [0.25, 0.3) is 0 Å². The highest BCUT2D eigenvalue weighted by Crippen LogP contribution is 2.25. The number of nitrogens with one attached hydrogen (secondary N) is 1. The molecule has 2 fully saturated rings. The number of amides is 5. The summed E-state index contributed by atoms with van der Waals surface area (Å²) in [6, 6.07) is 17.4. The lowest BCUT2D eigenvalue weighted by Gasteiger charge is -2.37. The summed E-state index contributed by atoms with van der Waals surface area (Å²) in [5.41, 5.74) is 6.40. The van der Waals surface area contributed by atoms with Gasteiger partial charge >= 0.3 is 24.1 Å². The maximum atomic E-state index is 14.9. The van der Waals surface area contributed by atoms with Crippen LogP contribution >= 0.6 is 0 Å². The molecule has 66 heavy (non-hydrogen) atoms. The summed E-state index contributed by atoms with van der Waals surface area (Å²) in [5, 5.41) is 1.44. The summed E-state index contributed by atoms with van der Waals surface area (Å²) >= 11 is 0. The molecule has 0 atom stereocenters. The van der Waals surface area contributed by atoms with E-state index in [-0.39, 0.29) is 53.7 Å². The molecule has 0 spiro atoms. The summed E-state index contributed by atoms with van der Waals surface area (Å²) in [4.78, 5) is 71.8. The molecule has 3 N–H and O–H groups in total. The van der Waals surface area contributed by atoms with Crippen LogP contribution in [0.5, 0.6) is 0 Å². The number of rotatable bonds is 13. The number of hydrogen-bond acceptors (Lipinski definition) is 8. The fourth-order valence-electron chi connectivity index (χ4n) is 7.15. The first-order valence-electron chi connectivity index (χ1n) is 21.2. The van der Waals surface area contributed by atoms with Crippen LogP contribution in [-0.2, 0) is 17.9 Å². The maximum absolute atomic E-state index is 14.9. The first-order valence-corrected chi connectivity index (χ1v) is 21.2. The number of ketones is 2. The molecule has 354 valence electrons. The van der Waals surface area contributed by atoms with Crippen molar-refractivity contribution in [3.05, 3.63) is 130 Å². The van der Waals surface area contributed by atoms with E-state index in [1.54, 1.807) is 9.80 Å². The Morgan fingerprint density at radius 1 is 0.576 bits per heavy atom. The van der Waals surface area contributed by atoms with Gasteiger partial charge in [-0.2, -0.15) is 13.2 Å². The van der Waals surface area contributed by atoms with E-state index in [0.717, 1.165) is 38.3 Å². The number of likely N-dealkylation sites (N-methyl/N-ethyl adjacent to an activating group) is 2. The van der Waals surface area contributed by atoms with Crippen molar-refractivity contribution in [2.75, 3.05) is 88.3 Å². The number of carbonyl (C=O) groups is 5. The smallest absolute Gasteiger partial charge is 0.341 e. The molecule has 2 saturated heterocycles. The van der Waals surface area contributed by atoms with Crippen LogP contribution in [0.4, 0.5) is 51.7 Å². The molecule has 2 aliphatic rings. The number of halogens is 7. The molecule has 0 aromatic heterocycles. The summed E-state index contributed by atoms with van der Waals surface area (Å²) in [6.07, 6.45) is -5.14. The second kappa shape index (κ2) is 23.2. The van der Waals surface area contributed by atoms with Gasteiger partial charge in [0.15, 0.2) is 11.6 Å². The molecule has 6 rings (SSSR count). The fraction of sp³-hybridized carbons (Fsp3) is 0.370. The van der Waals surface area contributed by atoms with Gasteiger partial charge in [-0.1, -0.05) is 38.1 Å². The van der Waals surface area contributed by atoms with Gasteiger partial charge in [0.1, 0.15) is 23.3 Å². The zero-order chi connectivity index (χ0) is 48.1. The van der Waals surface area contributed by atoms with Crippen molar-refractivity contribution >= 4 is 40.9 Å². The number of piperazine rings is 2. The van der Waals surface area contributed by atoms with Crippen molar-refractivity contribution in [2.45, 2.75) is 33.1 Å². The maximum Gasteiger partial charge on any atom is 0.471 e. The molecule has 5 amide bonds. The van der Waals surface area contributed by atoms with Crippen LogP contribution < -0.4 is 20.9 Å². The quantitative estimate of drug-likeness (QED) is 0.115.